The minimum atomic E-state index is -0.675. The average Bonchev–Trinajstić information content (AvgIpc) is 2.80. The Bertz CT molecular complexity index is 868. The van der Waals surface area contributed by atoms with E-state index in [1.165, 1.54) is 69.8 Å². The van der Waals surface area contributed by atoms with Crippen LogP contribution in [0.25, 0.3) is 10.8 Å². The van der Waals surface area contributed by atoms with Gasteiger partial charge in [0.25, 0.3) is 0 Å². The Balaban J connectivity index is 1.33. The molecule has 2 aromatic carbocycles. The number of hydrogen-bond donors (Lipinski definition) is 0. The number of halogens is 2. The van der Waals surface area contributed by atoms with Gasteiger partial charge in [-0.2, -0.15) is 0 Å². The van der Waals surface area contributed by atoms with Gasteiger partial charge in [0.2, 0.25) is 0 Å². The highest BCUT2D eigenvalue weighted by atomic mass is 19.2. The van der Waals surface area contributed by atoms with Crippen LogP contribution in [0.2, 0.25) is 0 Å². The van der Waals surface area contributed by atoms with Gasteiger partial charge < -0.3 is 0 Å². The average molecular weight is 411 g/mol. The molecule has 0 aliphatic heterocycles. The number of aryl methyl sites for hydroxylation is 1. The first-order chi connectivity index (χ1) is 14.6. The molecule has 2 saturated carbocycles. The summed E-state index contributed by atoms with van der Waals surface area (Å²) in [7, 11) is 0. The molecular weight excluding hydrogens is 374 g/mol. The molecule has 0 atom stereocenters. The molecule has 0 bridgehead atoms. The molecule has 2 fully saturated rings. The van der Waals surface area contributed by atoms with Crippen LogP contribution in [-0.4, -0.2) is 0 Å². The summed E-state index contributed by atoms with van der Waals surface area (Å²) in [6, 6.07) is 7.84. The largest absolute Gasteiger partial charge is 0.203 e. The van der Waals surface area contributed by atoms with E-state index in [-0.39, 0.29) is 0 Å². The minimum Gasteiger partial charge on any atom is -0.203 e. The van der Waals surface area contributed by atoms with Crippen molar-refractivity contribution in [2.75, 3.05) is 0 Å². The predicted octanol–water partition coefficient (Wildman–Crippen LogP) is 8.73. The van der Waals surface area contributed by atoms with E-state index < -0.39 is 11.6 Å². The number of benzene rings is 2. The Hall–Kier alpha value is -1.70. The second kappa shape index (κ2) is 9.62. The van der Waals surface area contributed by atoms with Gasteiger partial charge in [0.05, 0.1) is 0 Å². The number of rotatable bonds is 6. The highest BCUT2D eigenvalue weighted by Gasteiger charge is 2.25. The first-order valence-corrected chi connectivity index (χ1v) is 12.1. The third-order valence-electron chi connectivity index (χ3n) is 8.03. The van der Waals surface area contributed by atoms with E-state index in [1.54, 1.807) is 6.07 Å². The van der Waals surface area contributed by atoms with Crippen molar-refractivity contribution in [3.05, 3.63) is 59.7 Å². The Morgan fingerprint density at radius 1 is 0.867 bits per heavy atom. The quantitative estimate of drug-likeness (QED) is 0.418. The fourth-order valence-corrected chi connectivity index (χ4v) is 5.88. The van der Waals surface area contributed by atoms with Gasteiger partial charge >= 0.3 is 0 Å². The molecule has 2 aliphatic rings. The van der Waals surface area contributed by atoms with Crippen molar-refractivity contribution in [2.24, 2.45) is 17.8 Å². The lowest BCUT2D eigenvalue weighted by Crippen LogP contribution is -2.17. The van der Waals surface area contributed by atoms with E-state index in [2.05, 4.69) is 18.7 Å². The Labute approximate surface area is 180 Å². The highest BCUT2D eigenvalue weighted by Crippen LogP contribution is 2.40. The summed E-state index contributed by atoms with van der Waals surface area (Å²) < 4.78 is 28.9. The van der Waals surface area contributed by atoms with E-state index in [0.717, 1.165) is 23.1 Å². The van der Waals surface area contributed by atoms with Crippen LogP contribution in [0.5, 0.6) is 0 Å². The van der Waals surface area contributed by atoms with Crippen LogP contribution in [0.3, 0.4) is 0 Å². The van der Waals surface area contributed by atoms with Crippen molar-refractivity contribution in [3.8, 4) is 0 Å². The van der Waals surface area contributed by atoms with E-state index in [1.807, 2.05) is 19.1 Å². The second-order valence-corrected chi connectivity index (χ2v) is 9.81. The topological polar surface area (TPSA) is 0 Å². The molecule has 2 aromatic rings. The second-order valence-electron chi connectivity index (χ2n) is 9.81. The van der Waals surface area contributed by atoms with Crippen LogP contribution in [0, 0.1) is 29.4 Å². The summed E-state index contributed by atoms with van der Waals surface area (Å²) in [5.74, 6) is 1.66. The standard InChI is InChI=1S/C28H36F2/c1-3-19-5-7-20(8-6-19)9-10-21-11-13-23(14-12-21)24-15-16-25-17-22(4-2)27(29)28(30)26(25)18-24/h3,15-21,23H,1,4-14H2,2H3. The molecule has 0 nitrogen and oxygen atoms in total. The lowest BCUT2D eigenvalue weighted by molar-refractivity contribution is 0.246. The van der Waals surface area contributed by atoms with E-state index in [0.29, 0.717) is 23.3 Å². The fraction of sp³-hybridized carbons (Fsp3) is 0.571. The van der Waals surface area contributed by atoms with Gasteiger partial charge in [-0.1, -0.05) is 38.0 Å². The monoisotopic (exact) mass is 410 g/mol. The molecule has 0 spiro atoms. The summed E-state index contributed by atoms with van der Waals surface area (Å²) in [6.07, 6.45) is 15.7. The van der Waals surface area contributed by atoms with Crippen LogP contribution in [0.15, 0.2) is 36.9 Å². The fourth-order valence-electron chi connectivity index (χ4n) is 5.88. The molecule has 162 valence electrons. The van der Waals surface area contributed by atoms with Gasteiger partial charge in [0.1, 0.15) is 0 Å². The Kier molecular flexibility index (Phi) is 6.91. The summed E-state index contributed by atoms with van der Waals surface area (Å²) in [5, 5.41) is 1.26. The lowest BCUT2D eigenvalue weighted by Gasteiger charge is -2.31. The van der Waals surface area contributed by atoms with Crippen LogP contribution in [0.1, 0.15) is 88.2 Å². The van der Waals surface area contributed by atoms with Gasteiger partial charge in [-0.15, -0.1) is 6.58 Å². The zero-order valence-corrected chi connectivity index (χ0v) is 18.4. The van der Waals surface area contributed by atoms with E-state index >= 15 is 0 Å². The normalized spacial score (nSPS) is 27.3. The third kappa shape index (κ3) is 4.63. The molecule has 0 radical (unpaired) electrons. The summed E-state index contributed by atoms with van der Waals surface area (Å²) in [6.45, 7) is 5.82. The highest BCUT2D eigenvalue weighted by molar-refractivity contribution is 5.84. The number of allylic oxidation sites excluding steroid dienone is 1. The van der Waals surface area contributed by atoms with Crippen molar-refractivity contribution in [1.29, 1.82) is 0 Å². The van der Waals surface area contributed by atoms with Crippen LogP contribution in [-0.2, 0) is 6.42 Å². The van der Waals surface area contributed by atoms with Crippen LogP contribution >= 0.6 is 0 Å². The number of fused-ring (bicyclic) bond motifs is 1. The van der Waals surface area contributed by atoms with Crippen molar-refractivity contribution in [2.45, 2.75) is 83.5 Å². The van der Waals surface area contributed by atoms with Crippen LogP contribution < -0.4 is 0 Å². The Morgan fingerprint density at radius 2 is 1.50 bits per heavy atom. The van der Waals surface area contributed by atoms with Crippen molar-refractivity contribution >= 4 is 10.8 Å². The predicted molar refractivity (Wildman–Crippen MR) is 123 cm³/mol. The number of hydrogen-bond acceptors (Lipinski definition) is 0. The summed E-state index contributed by atoms with van der Waals surface area (Å²) in [4.78, 5) is 0. The smallest absolute Gasteiger partial charge is 0.166 e. The molecule has 0 unspecified atom stereocenters. The minimum absolute atomic E-state index is 0.444. The molecular formula is C28H36F2. The molecule has 4 rings (SSSR count). The van der Waals surface area contributed by atoms with E-state index in [4.69, 9.17) is 0 Å². The maximum Gasteiger partial charge on any atom is 0.166 e. The van der Waals surface area contributed by atoms with E-state index in [9.17, 15) is 8.78 Å². The lowest BCUT2D eigenvalue weighted by atomic mass is 9.74. The van der Waals surface area contributed by atoms with Gasteiger partial charge in [0.15, 0.2) is 11.6 Å². The van der Waals surface area contributed by atoms with Crippen molar-refractivity contribution in [1.82, 2.24) is 0 Å². The zero-order valence-electron chi connectivity index (χ0n) is 18.4. The van der Waals surface area contributed by atoms with Gasteiger partial charge in [0, 0.05) is 5.39 Å². The Morgan fingerprint density at radius 3 is 2.10 bits per heavy atom. The first kappa shape index (κ1) is 21.5. The first-order valence-electron chi connectivity index (χ1n) is 12.1. The van der Waals surface area contributed by atoms with Gasteiger partial charge in [-0.05, 0) is 110 Å². The molecule has 30 heavy (non-hydrogen) atoms. The molecule has 0 saturated heterocycles. The van der Waals surface area contributed by atoms with Crippen molar-refractivity contribution in [3.63, 3.8) is 0 Å². The molecule has 0 amide bonds. The SMILES string of the molecule is C=CC1CCC(CCC2CCC(c3ccc4cc(CC)c(F)c(F)c4c3)CC2)CC1. The maximum atomic E-state index is 14.6. The molecule has 2 heteroatoms. The van der Waals surface area contributed by atoms with Gasteiger partial charge in [-0.25, -0.2) is 8.78 Å². The third-order valence-corrected chi connectivity index (χ3v) is 8.03. The zero-order chi connectivity index (χ0) is 21.1. The molecule has 0 heterocycles. The van der Waals surface area contributed by atoms with Crippen LogP contribution in [0.4, 0.5) is 8.78 Å². The summed E-state index contributed by atoms with van der Waals surface area (Å²) in [5.41, 5.74) is 1.65. The molecule has 0 aromatic heterocycles. The maximum absolute atomic E-state index is 14.6. The molecule has 0 N–H and O–H groups in total. The summed E-state index contributed by atoms with van der Waals surface area (Å²) >= 11 is 0. The molecule has 2 aliphatic carbocycles. The van der Waals surface area contributed by atoms with Gasteiger partial charge in [-0.3, -0.25) is 0 Å². The van der Waals surface area contributed by atoms with Crippen molar-refractivity contribution < 1.29 is 8.78 Å².